The van der Waals surface area contributed by atoms with Gasteiger partial charge in [0.05, 0.1) is 0 Å². The molecule has 94 valence electrons. The van der Waals surface area contributed by atoms with Crippen LogP contribution >= 0.6 is 0 Å². The van der Waals surface area contributed by atoms with Crippen molar-refractivity contribution in [1.82, 2.24) is 4.98 Å². The number of nitrogens with one attached hydrogen (secondary N) is 1. The SMILES string of the molecule is CC(C)(C)c1ccnc(NC2CCOCC2)c1. The number of hydrogen-bond donors (Lipinski definition) is 1. The molecule has 3 heteroatoms. The lowest BCUT2D eigenvalue weighted by molar-refractivity contribution is 0.0904. The Labute approximate surface area is 104 Å². The Kier molecular flexibility index (Phi) is 3.67. The maximum Gasteiger partial charge on any atom is 0.126 e. The van der Waals surface area contributed by atoms with Gasteiger partial charge in [0.15, 0.2) is 0 Å². The lowest BCUT2D eigenvalue weighted by atomic mass is 9.88. The summed E-state index contributed by atoms with van der Waals surface area (Å²) in [5.41, 5.74) is 1.50. The number of rotatable bonds is 2. The summed E-state index contributed by atoms with van der Waals surface area (Å²) in [7, 11) is 0. The van der Waals surface area contributed by atoms with Crippen molar-refractivity contribution in [2.45, 2.75) is 45.1 Å². The number of anilines is 1. The van der Waals surface area contributed by atoms with Gasteiger partial charge >= 0.3 is 0 Å². The highest BCUT2D eigenvalue weighted by atomic mass is 16.5. The molecule has 0 aromatic carbocycles. The molecule has 3 nitrogen and oxygen atoms in total. The van der Waals surface area contributed by atoms with Crippen LogP contribution in [0.5, 0.6) is 0 Å². The highest BCUT2D eigenvalue weighted by Crippen LogP contribution is 2.24. The normalized spacial score (nSPS) is 18.1. The Bertz CT molecular complexity index is 365. The van der Waals surface area contributed by atoms with Gasteiger partial charge in [-0.25, -0.2) is 4.98 Å². The van der Waals surface area contributed by atoms with Gasteiger partial charge in [0.1, 0.15) is 5.82 Å². The molecule has 1 aliphatic heterocycles. The van der Waals surface area contributed by atoms with E-state index in [4.69, 9.17) is 4.74 Å². The predicted octanol–water partition coefficient (Wildman–Crippen LogP) is 2.97. The van der Waals surface area contributed by atoms with Gasteiger partial charge in [0.2, 0.25) is 0 Å². The lowest BCUT2D eigenvalue weighted by Gasteiger charge is -2.25. The number of pyridine rings is 1. The summed E-state index contributed by atoms with van der Waals surface area (Å²) >= 11 is 0. The second-order valence-corrected chi connectivity index (χ2v) is 5.71. The molecule has 0 radical (unpaired) electrons. The standard InChI is InChI=1S/C14H22N2O/c1-14(2,3)11-4-7-15-13(10-11)16-12-5-8-17-9-6-12/h4,7,10,12H,5-6,8-9H2,1-3H3,(H,15,16). The van der Waals surface area contributed by atoms with E-state index in [2.05, 4.69) is 43.2 Å². The Hall–Kier alpha value is -1.09. The quantitative estimate of drug-likeness (QED) is 0.854. The first kappa shape index (κ1) is 12.4. The van der Waals surface area contributed by atoms with Crippen LogP contribution in [-0.4, -0.2) is 24.2 Å². The highest BCUT2D eigenvalue weighted by Gasteiger charge is 2.17. The van der Waals surface area contributed by atoms with Gasteiger partial charge in [0.25, 0.3) is 0 Å². The third-order valence-electron chi connectivity index (χ3n) is 3.20. The van der Waals surface area contributed by atoms with E-state index in [0.29, 0.717) is 6.04 Å². The van der Waals surface area contributed by atoms with Gasteiger partial charge in [-0.1, -0.05) is 20.8 Å². The van der Waals surface area contributed by atoms with E-state index in [0.717, 1.165) is 31.9 Å². The predicted molar refractivity (Wildman–Crippen MR) is 70.4 cm³/mol. The van der Waals surface area contributed by atoms with E-state index >= 15 is 0 Å². The average molecular weight is 234 g/mol. The fraction of sp³-hybridized carbons (Fsp3) is 0.643. The topological polar surface area (TPSA) is 34.2 Å². The van der Waals surface area contributed by atoms with Crippen molar-refractivity contribution in [3.63, 3.8) is 0 Å². The number of nitrogens with zero attached hydrogens (tertiary/aromatic N) is 1. The first-order valence-corrected chi connectivity index (χ1v) is 6.36. The second-order valence-electron chi connectivity index (χ2n) is 5.71. The molecule has 1 aromatic rings. The zero-order valence-corrected chi connectivity index (χ0v) is 11.0. The Morgan fingerprint density at radius 1 is 1.29 bits per heavy atom. The molecule has 0 amide bonds. The molecule has 1 saturated heterocycles. The van der Waals surface area contributed by atoms with Crippen LogP contribution in [0.15, 0.2) is 18.3 Å². The van der Waals surface area contributed by atoms with E-state index in [1.165, 1.54) is 5.56 Å². The largest absolute Gasteiger partial charge is 0.381 e. The molecule has 2 rings (SSSR count). The van der Waals surface area contributed by atoms with Crippen LogP contribution in [0.25, 0.3) is 0 Å². The fourth-order valence-electron chi connectivity index (χ4n) is 2.03. The summed E-state index contributed by atoms with van der Waals surface area (Å²) in [5, 5.41) is 3.50. The van der Waals surface area contributed by atoms with Gasteiger partial charge in [-0.2, -0.15) is 0 Å². The molecular formula is C14H22N2O. The first-order valence-electron chi connectivity index (χ1n) is 6.36. The summed E-state index contributed by atoms with van der Waals surface area (Å²) < 4.78 is 5.35. The van der Waals surface area contributed by atoms with E-state index in [9.17, 15) is 0 Å². The molecule has 0 saturated carbocycles. The van der Waals surface area contributed by atoms with E-state index in [1.54, 1.807) is 0 Å². The molecule has 0 bridgehead atoms. The van der Waals surface area contributed by atoms with Crippen LogP contribution in [0.1, 0.15) is 39.2 Å². The summed E-state index contributed by atoms with van der Waals surface area (Å²) in [6, 6.07) is 4.76. The van der Waals surface area contributed by atoms with Gasteiger partial charge in [-0.05, 0) is 36.0 Å². The molecular weight excluding hydrogens is 212 g/mol. The maximum absolute atomic E-state index is 5.35. The second kappa shape index (κ2) is 5.05. The zero-order valence-electron chi connectivity index (χ0n) is 11.0. The van der Waals surface area contributed by atoms with Crippen molar-refractivity contribution in [2.75, 3.05) is 18.5 Å². The number of ether oxygens (including phenoxy) is 1. The lowest BCUT2D eigenvalue weighted by Crippen LogP contribution is -2.28. The van der Waals surface area contributed by atoms with Crippen molar-refractivity contribution >= 4 is 5.82 Å². The molecule has 2 heterocycles. The fourth-order valence-corrected chi connectivity index (χ4v) is 2.03. The minimum absolute atomic E-state index is 0.176. The molecule has 17 heavy (non-hydrogen) atoms. The van der Waals surface area contributed by atoms with E-state index < -0.39 is 0 Å². The van der Waals surface area contributed by atoms with Crippen LogP contribution in [-0.2, 0) is 10.2 Å². The smallest absolute Gasteiger partial charge is 0.126 e. The number of hydrogen-bond acceptors (Lipinski definition) is 3. The van der Waals surface area contributed by atoms with Crippen LogP contribution in [0.3, 0.4) is 0 Å². The highest BCUT2D eigenvalue weighted by molar-refractivity contribution is 5.40. The number of aromatic nitrogens is 1. The van der Waals surface area contributed by atoms with Crippen LogP contribution < -0.4 is 5.32 Å². The van der Waals surface area contributed by atoms with Crippen molar-refractivity contribution in [3.05, 3.63) is 23.9 Å². The summed E-state index contributed by atoms with van der Waals surface area (Å²) in [6.07, 6.45) is 4.03. The summed E-state index contributed by atoms with van der Waals surface area (Å²) in [6.45, 7) is 8.38. The molecule has 0 atom stereocenters. The van der Waals surface area contributed by atoms with Crippen LogP contribution in [0.2, 0.25) is 0 Å². The molecule has 1 aliphatic rings. The minimum Gasteiger partial charge on any atom is -0.381 e. The van der Waals surface area contributed by atoms with Gasteiger partial charge in [0, 0.05) is 25.5 Å². The van der Waals surface area contributed by atoms with Gasteiger partial charge in [-0.15, -0.1) is 0 Å². The molecule has 1 aromatic heterocycles. The molecule has 0 spiro atoms. The molecule has 0 aliphatic carbocycles. The van der Waals surface area contributed by atoms with Crippen molar-refractivity contribution < 1.29 is 4.74 Å². The van der Waals surface area contributed by atoms with Gasteiger partial charge in [-0.3, -0.25) is 0 Å². The van der Waals surface area contributed by atoms with Crippen molar-refractivity contribution in [1.29, 1.82) is 0 Å². The molecule has 1 fully saturated rings. The monoisotopic (exact) mass is 234 g/mol. The summed E-state index contributed by atoms with van der Waals surface area (Å²) in [4.78, 5) is 4.40. The Morgan fingerprint density at radius 3 is 2.65 bits per heavy atom. The van der Waals surface area contributed by atoms with Gasteiger partial charge < -0.3 is 10.1 Å². The first-order chi connectivity index (χ1) is 8.05. The third kappa shape index (κ3) is 3.43. The minimum atomic E-state index is 0.176. The Balaban J connectivity index is 2.05. The molecule has 0 unspecified atom stereocenters. The third-order valence-corrected chi connectivity index (χ3v) is 3.20. The van der Waals surface area contributed by atoms with Crippen molar-refractivity contribution in [2.24, 2.45) is 0 Å². The maximum atomic E-state index is 5.35. The van der Waals surface area contributed by atoms with E-state index in [1.807, 2.05) is 6.20 Å². The molecule has 1 N–H and O–H groups in total. The van der Waals surface area contributed by atoms with Crippen LogP contribution in [0.4, 0.5) is 5.82 Å². The van der Waals surface area contributed by atoms with Crippen LogP contribution in [0, 0.1) is 0 Å². The average Bonchev–Trinajstić information content (AvgIpc) is 2.29. The summed E-state index contributed by atoms with van der Waals surface area (Å²) in [5.74, 6) is 0.990. The van der Waals surface area contributed by atoms with E-state index in [-0.39, 0.29) is 5.41 Å². The Morgan fingerprint density at radius 2 is 2.00 bits per heavy atom. The zero-order chi connectivity index (χ0) is 12.3. The van der Waals surface area contributed by atoms with Crippen molar-refractivity contribution in [3.8, 4) is 0 Å².